The number of H-pyrrole nitrogens is 1. The highest BCUT2D eigenvalue weighted by Gasteiger charge is 2.40. The summed E-state index contributed by atoms with van der Waals surface area (Å²) in [6.45, 7) is 2.34. The lowest BCUT2D eigenvalue weighted by atomic mass is 9.64. The minimum atomic E-state index is -0.483. The molecule has 0 unspecified atom stereocenters. The number of amides is 1. The molecule has 1 aromatic heterocycles. The highest BCUT2D eigenvalue weighted by atomic mass is 16.5. The number of likely N-dealkylation sites (tertiary alicyclic amines) is 1. The fourth-order valence-corrected chi connectivity index (χ4v) is 4.44. The summed E-state index contributed by atoms with van der Waals surface area (Å²) in [7, 11) is 1.34. The summed E-state index contributed by atoms with van der Waals surface area (Å²) in [6.07, 6.45) is 6.35. The second-order valence-electron chi connectivity index (χ2n) is 7.63. The highest BCUT2D eigenvalue weighted by molar-refractivity contribution is 6.11. The zero-order valence-corrected chi connectivity index (χ0v) is 15.1. The van der Waals surface area contributed by atoms with Gasteiger partial charge in [0, 0.05) is 17.4 Å². The first-order valence-electron chi connectivity index (χ1n) is 9.31. The average Bonchev–Trinajstić information content (AvgIpc) is 2.98. The van der Waals surface area contributed by atoms with Gasteiger partial charge in [0.1, 0.15) is 5.69 Å². The SMILES string of the molecule is COC(=O)c1[nH]c2ccccc2c1NC(=O)CN1CCCC2(CCC2)C1. The Hall–Kier alpha value is -2.34. The Labute approximate surface area is 152 Å². The van der Waals surface area contributed by atoms with Crippen molar-refractivity contribution in [1.29, 1.82) is 0 Å². The maximum Gasteiger partial charge on any atom is 0.356 e. The number of carbonyl (C=O) groups is 2. The molecule has 0 atom stereocenters. The fraction of sp³-hybridized carbons (Fsp3) is 0.500. The largest absolute Gasteiger partial charge is 0.464 e. The number of ether oxygens (including phenoxy) is 1. The van der Waals surface area contributed by atoms with Crippen LogP contribution in [0.1, 0.15) is 42.6 Å². The van der Waals surface area contributed by atoms with E-state index in [1.807, 2.05) is 24.3 Å². The molecule has 0 bridgehead atoms. The molecule has 1 amide bonds. The lowest BCUT2D eigenvalue weighted by Crippen LogP contribution is -2.49. The second-order valence-corrected chi connectivity index (χ2v) is 7.63. The number of nitrogens with zero attached hydrogens (tertiary/aromatic N) is 1. The first-order valence-corrected chi connectivity index (χ1v) is 9.31. The maximum atomic E-state index is 12.7. The van der Waals surface area contributed by atoms with Gasteiger partial charge in [0.2, 0.25) is 5.91 Å². The Kier molecular flexibility index (Phi) is 4.44. The van der Waals surface area contributed by atoms with Crippen molar-refractivity contribution in [2.24, 2.45) is 5.41 Å². The Morgan fingerprint density at radius 1 is 1.23 bits per heavy atom. The van der Waals surface area contributed by atoms with E-state index in [1.54, 1.807) is 0 Å². The topological polar surface area (TPSA) is 74.4 Å². The number of nitrogens with one attached hydrogen (secondary N) is 2. The van der Waals surface area contributed by atoms with Crippen LogP contribution >= 0.6 is 0 Å². The van der Waals surface area contributed by atoms with Gasteiger partial charge in [-0.2, -0.15) is 0 Å². The van der Waals surface area contributed by atoms with Gasteiger partial charge in [-0.1, -0.05) is 24.6 Å². The van der Waals surface area contributed by atoms with E-state index in [4.69, 9.17) is 4.74 Å². The number of methoxy groups -OCH3 is 1. The van der Waals surface area contributed by atoms with E-state index in [-0.39, 0.29) is 11.6 Å². The predicted molar refractivity (Wildman–Crippen MR) is 100 cm³/mol. The summed E-state index contributed by atoms with van der Waals surface area (Å²) in [5.41, 5.74) is 2.05. The summed E-state index contributed by atoms with van der Waals surface area (Å²) in [6, 6.07) is 7.54. The first-order chi connectivity index (χ1) is 12.6. The van der Waals surface area contributed by atoms with Gasteiger partial charge >= 0.3 is 5.97 Å². The summed E-state index contributed by atoms with van der Waals surface area (Å²) in [4.78, 5) is 30.1. The van der Waals surface area contributed by atoms with Crippen molar-refractivity contribution in [2.75, 3.05) is 32.1 Å². The number of esters is 1. The molecule has 2 aliphatic rings. The summed E-state index contributed by atoms with van der Waals surface area (Å²) in [5.74, 6) is -0.570. The molecule has 1 spiro atoms. The number of aromatic amines is 1. The number of aromatic nitrogens is 1. The van der Waals surface area contributed by atoms with Crippen LogP contribution in [0.2, 0.25) is 0 Å². The van der Waals surface area contributed by atoms with Crippen molar-refractivity contribution >= 4 is 28.5 Å². The first kappa shape index (κ1) is 17.1. The fourth-order valence-electron chi connectivity index (χ4n) is 4.44. The van der Waals surface area contributed by atoms with Gasteiger partial charge in [-0.25, -0.2) is 4.79 Å². The second kappa shape index (κ2) is 6.76. The zero-order chi connectivity index (χ0) is 18.1. The molecule has 4 rings (SSSR count). The standard InChI is InChI=1S/C20H25N3O3/c1-26-19(25)18-17(14-6-2-3-7-15(14)21-18)22-16(24)12-23-11-5-10-20(13-23)8-4-9-20/h2-3,6-7,21H,4-5,8-13H2,1H3,(H,22,24). The van der Waals surface area contributed by atoms with Gasteiger partial charge in [0.05, 0.1) is 19.3 Å². The monoisotopic (exact) mass is 355 g/mol. The molecule has 6 heteroatoms. The van der Waals surface area contributed by atoms with E-state index in [9.17, 15) is 9.59 Å². The lowest BCUT2D eigenvalue weighted by molar-refractivity contribution is -0.118. The van der Waals surface area contributed by atoms with Gasteiger partial charge in [0.15, 0.2) is 0 Å². The molecule has 0 radical (unpaired) electrons. The Bertz CT molecular complexity index is 838. The van der Waals surface area contributed by atoms with Crippen LogP contribution in [-0.2, 0) is 9.53 Å². The van der Waals surface area contributed by atoms with Crippen LogP contribution < -0.4 is 5.32 Å². The third-order valence-corrected chi connectivity index (χ3v) is 5.88. The minimum Gasteiger partial charge on any atom is -0.464 e. The molecule has 26 heavy (non-hydrogen) atoms. The molecule has 1 aliphatic carbocycles. The van der Waals surface area contributed by atoms with Crippen LogP contribution in [0.3, 0.4) is 0 Å². The maximum absolute atomic E-state index is 12.7. The molecule has 1 aliphatic heterocycles. The zero-order valence-electron chi connectivity index (χ0n) is 15.1. The van der Waals surface area contributed by atoms with Crippen molar-refractivity contribution in [1.82, 2.24) is 9.88 Å². The normalized spacial score (nSPS) is 19.3. The molecule has 1 aromatic carbocycles. The van der Waals surface area contributed by atoms with Crippen molar-refractivity contribution in [3.05, 3.63) is 30.0 Å². The van der Waals surface area contributed by atoms with Crippen molar-refractivity contribution < 1.29 is 14.3 Å². The number of hydrogen-bond acceptors (Lipinski definition) is 4. The summed E-state index contributed by atoms with van der Waals surface area (Å²) < 4.78 is 4.86. The lowest BCUT2D eigenvalue weighted by Gasteiger charge is -2.48. The number of carbonyl (C=O) groups excluding carboxylic acids is 2. The number of hydrogen-bond donors (Lipinski definition) is 2. The number of fused-ring (bicyclic) bond motifs is 1. The van der Waals surface area contributed by atoms with Crippen molar-refractivity contribution in [3.63, 3.8) is 0 Å². The van der Waals surface area contributed by atoms with E-state index in [2.05, 4.69) is 15.2 Å². The van der Waals surface area contributed by atoms with E-state index in [0.717, 1.165) is 30.4 Å². The summed E-state index contributed by atoms with van der Waals surface area (Å²) >= 11 is 0. The van der Waals surface area contributed by atoms with E-state index < -0.39 is 5.97 Å². The molecular weight excluding hydrogens is 330 g/mol. The third kappa shape index (κ3) is 3.09. The van der Waals surface area contributed by atoms with E-state index in [1.165, 1.54) is 32.8 Å². The molecule has 1 saturated carbocycles. The van der Waals surface area contributed by atoms with Crippen molar-refractivity contribution in [2.45, 2.75) is 32.1 Å². The highest BCUT2D eigenvalue weighted by Crippen LogP contribution is 2.47. The molecular formula is C20H25N3O3. The van der Waals surface area contributed by atoms with Crippen LogP contribution in [0.25, 0.3) is 10.9 Å². The molecule has 2 fully saturated rings. The van der Waals surface area contributed by atoms with Gasteiger partial charge in [0.25, 0.3) is 0 Å². The molecule has 2 N–H and O–H groups in total. The molecule has 6 nitrogen and oxygen atoms in total. The summed E-state index contributed by atoms with van der Waals surface area (Å²) in [5, 5.41) is 3.76. The van der Waals surface area contributed by atoms with E-state index >= 15 is 0 Å². The van der Waals surface area contributed by atoms with Gasteiger partial charge in [-0.3, -0.25) is 9.69 Å². The van der Waals surface area contributed by atoms with Gasteiger partial charge in [-0.15, -0.1) is 0 Å². The minimum absolute atomic E-state index is 0.0868. The Morgan fingerprint density at radius 2 is 2.00 bits per heavy atom. The number of piperidine rings is 1. The van der Waals surface area contributed by atoms with Crippen LogP contribution in [0, 0.1) is 5.41 Å². The van der Waals surface area contributed by atoms with Crippen LogP contribution in [0.4, 0.5) is 5.69 Å². The molecule has 2 heterocycles. The third-order valence-electron chi connectivity index (χ3n) is 5.88. The van der Waals surface area contributed by atoms with Gasteiger partial charge in [-0.05, 0) is 43.7 Å². The van der Waals surface area contributed by atoms with Gasteiger partial charge < -0.3 is 15.0 Å². The quantitative estimate of drug-likeness (QED) is 0.826. The Morgan fingerprint density at radius 3 is 2.73 bits per heavy atom. The van der Waals surface area contributed by atoms with Crippen LogP contribution in [0.15, 0.2) is 24.3 Å². The molecule has 2 aromatic rings. The molecule has 1 saturated heterocycles. The smallest absolute Gasteiger partial charge is 0.356 e. The predicted octanol–water partition coefficient (Wildman–Crippen LogP) is 3.16. The number of benzene rings is 1. The average molecular weight is 355 g/mol. The van der Waals surface area contributed by atoms with Crippen molar-refractivity contribution in [3.8, 4) is 0 Å². The number of para-hydroxylation sites is 1. The Balaban J connectivity index is 1.51. The number of rotatable bonds is 4. The number of anilines is 1. The van der Waals surface area contributed by atoms with Crippen LogP contribution in [-0.4, -0.2) is 48.5 Å². The van der Waals surface area contributed by atoms with Crippen LogP contribution in [0.5, 0.6) is 0 Å². The molecule has 138 valence electrons. The van der Waals surface area contributed by atoms with E-state index in [0.29, 0.717) is 17.6 Å².